The van der Waals surface area contributed by atoms with Gasteiger partial charge in [-0.25, -0.2) is 0 Å². The first-order valence-corrected chi connectivity index (χ1v) is 20.4. The van der Waals surface area contributed by atoms with Gasteiger partial charge in [0.2, 0.25) is 0 Å². The van der Waals surface area contributed by atoms with E-state index in [1.54, 1.807) is 12.7 Å². The Hall–Kier alpha value is -0.876. The Morgan fingerprint density at radius 1 is 1.06 bits per heavy atom. The van der Waals surface area contributed by atoms with Crippen molar-refractivity contribution >= 4 is 22.3 Å². The lowest BCUT2D eigenvalue weighted by Crippen LogP contribution is -2.61. The number of hydrogen-bond donors (Lipinski definition) is 0. The molecule has 0 radical (unpaired) electrons. The molecule has 7 unspecified atom stereocenters. The lowest BCUT2D eigenvalue weighted by Gasteiger charge is -2.58. The molecule has 0 saturated heterocycles. The van der Waals surface area contributed by atoms with Gasteiger partial charge >= 0.3 is 0 Å². The largest absolute Gasteiger partial charge is 0.411 e. The van der Waals surface area contributed by atoms with Gasteiger partial charge in [0, 0.05) is 5.41 Å². The molecule has 0 aromatic carbocycles. The third-order valence-corrected chi connectivity index (χ3v) is 11.1. The van der Waals surface area contributed by atoms with Crippen molar-refractivity contribution < 1.29 is 13.7 Å². The molecule has 0 heterocycles. The van der Waals surface area contributed by atoms with Gasteiger partial charge in [-0.3, -0.25) is 0 Å². The maximum Gasteiger partial charge on any atom is 0.185 e. The summed E-state index contributed by atoms with van der Waals surface area (Å²) < 4.78 is 14.1. The summed E-state index contributed by atoms with van der Waals surface area (Å²) in [7, 11) is -2.04. The fourth-order valence-electron chi connectivity index (χ4n) is 8.35. The molecule has 7 atom stereocenters. The van der Waals surface area contributed by atoms with E-state index in [0.29, 0.717) is 17.8 Å². The van der Waals surface area contributed by atoms with E-state index >= 15 is 0 Å². The summed E-state index contributed by atoms with van der Waals surface area (Å²) >= 11 is 0. The van der Waals surface area contributed by atoms with Crippen LogP contribution in [0.15, 0.2) is 16.8 Å². The predicted molar refractivity (Wildman–Crippen MR) is 146 cm³/mol. The van der Waals surface area contributed by atoms with Crippen LogP contribution in [0.5, 0.6) is 0 Å². The molecule has 4 aliphatic carbocycles. The standard InChI is InChI=1S/C28H47NO3Si2/c1-10-27-17-16-23-22-15-13-21(29-30-3)18-20(22)12-14-24(23)25(27)19-26(31-33(4,5)6)28(27,11-2)32-34(7,8)9/h2,18,22-26H,10,12-17,19H2,1,3-9H3/b29-21+. The molecule has 0 N–H and O–H groups in total. The number of rotatable bonds is 6. The topological polar surface area (TPSA) is 40.0 Å². The molecule has 4 nitrogen and oxygen atoms in total. The second kappa shape index (κ2) is 9.21. The molecule has 0 amide bonds. The van der Waals surface area contributed by atoms with Gasteiger partial charge in [-0.2, -0.15) is 0 Å². The number of hydrogen-bond acceptors (Lipinski definition) is 4. The summed E-state index contributed by atoms with van der Waals surface area (Å²) in [6, 6.07) is 0. The van der Waals surface area contributed by atoms with Crippen LogP contribution < -0.4 is 0 Å². The van der Waals surface area contributed by atoms with Crippen LogP contribution in [-0.4, -0.2) is 41.2 Å². The van der Waals surface area contributed by atoms with Crippen LogP contribution in [0.25, 0.3) is 0 Å². The Kier molecular flexibility index (Phi) is 7.10. The normalized spacial score (nSPS) is 41.2. The van der Waals surface area contributed by atoms with Gasteiger partial charge in [0.05, 0.1) is 11.8 Å². The summed E-state index contributed by atoms with van der Waals surface area (Å²) in [5, 5.41) is 4.26. The Morgan fingerprint density at radius 3 is 2.38 bits per heavy atom. The zero-order valence-electron chi connectivity index (χ0n) is 22.9. The molecular weight excluding hydrogens is 454 g/mol. The zero-order chi connectivity index (χ0) is 24.9. The average molecular weight is 502 g/mol. The highest BCUT2D eigenvalue weighted by atomic mass is 28.4. The van der Waals surface area contributed by atoms with E-state index in [-0.39, 0.29) is 11.5 Å². The summed E-state index contributed by atoms with van der Waals surface area (Å²) in [6.07, 6.45) is 18.1. The number of oxime groups is 1. The number of allylic oxidation sites excluding steroid dienone is 2. The van der Waals surface area contributed by atoms with Crippen LogP contribution in [0.1, 0.15) is 58.3 Å². The molecule has 4 aliphatic rings. The van der Waals surface area contributed by atoms with Crippen molar-refractivity contribution in [2.24, 2.45) is 34.2 Å². The molecular formula is C28H47NO3Si2. The molecule has 4 rings (SSSR count). The smallest absolute Gasteiger partial charge is 0.185 e. The van der Waals surface area contributed by atoms with Crippen LogP contribution in [0.2, 0.25) is 39.3 Å². The lowest BCUT2D eigenvalue weighted by atomic mass is 9.49. The quantitative estimate of drug-likeness (QED) is 0.223. The van der Waals surface area contributed by atoms with Crippen molar-refractivity contribution in [2.75, 3.05) is 7.11 Å². The number of terminal acetylenes is 1. The third-order valence-electron chi connectivity index (χ3n) is 9.20. The minimum absolute atomic E-state index is 0.0170. The lowest BCUT2D eigenvalue weighted by molar-refractivity contribution is -0.110. The molecule has 6 heteroatoms. The monoisotopic (exact) mass is 501 g/mol. The molecule has 3 saturated carbocycles. The first-order chi connectivity index (χ1) is 15.9. The van der Waals surface area contributed by atoms with Crippen molar-refractivity contribution in [2.45, 2.75) is 109 Å². The zero-order valence-corrected chi connectivity index (χ0v) is 24.9. The molecule has 0 aromatic heterocycles. The highest BCUT2D eigenvalue weighted by molar-refractivity contribution is 6.70. The summed E-state index contributed by atoms with van der Waals surface area (Å²) in [6.45, 7) is 16.1. The first kappa shape index (κ1) is 26.2. The number of fused-ring (bicyclic) bond motifs is 5. The fraction of sp³-hybridized carbons (Fsp3) is 0.821. The maximum atomic E-state index is 7.14. The molecule has 0 spiro atoms. The molecule has 34 heavy (non-hydrogen) atoms. The van der Waals surface area contributed by atoms with Crippen molar-refractivity contribution in [3.63, 3.8) is 0 Å². The van der Waals surface area contributed by atoms with Crippen LogP contribution in [0, 0.1) is 41.4 Å². The molecule has 0 bridgehead atoms. The van der Waals surface area contributed by atoms with Gasteiger partial charge in [0.1, 0.15) is 12.7 Å². The second-order valence-corrected chi connectivity index (χ2v) is 22.1. The van der Waals surface area contributed by atoms with Gasteiger partial charge in [-0.1, -0.05) is 23.6 Å². The van der Waals surface area contributed by atoms with Crippen molar-refractivity contribution in [3.8, 4) is 12.3 Å². The molecule has 0 aromatic rings. The van der Waals surface area contributed by atoms with Crippen LogP contribution in [-0.2, 0) is 13.7 Å². The van der Waals surface area contributed by atoms with E-state index in [2.05, 4.69) is 63.4 Å². The van der Waals surface area contributed by atoms with Gasteiger partial charge in [0.15, 0.2) is 16.6 Å². The van der Waals surface area contributed by atoms with Gasteiger partial charge in [-0.15, -0.1) is 6.42 Å². The number of nitrogens with zero attached hydrogens (tertiary/aromatic N) is 1. The predicted octanol–water partition coefficient (Wildman–Crippen LogP) is 7.01. The minimum atomic E-state index is -1.90. The van der Waals surface area contributed by atoms with Crippen molar-refractivity contribution in [1.29, 1.82) is 0 Å². The molecule has 0 aliphatic heterocycles. The summed E-state index contributed by atoms with van der Waals surface area (Å²) in [4.78, 5) is 5.08. The molecule has 190 valence electrons. The maximum absolute atomic E-state index is 7.14. The van der Waals surface area contributed by atoms with Crippen LogP contribution >= 0.6 is 0 Å². The second-order valence-electron chi connectivity index (χ2n) is 13.2. The van der Waals surface area contributed by atoms with Gasteiger partial charge in [-0.05, 0) is 120 Å². The third kappa shape index (κ3) is 4.40. The Labute approximate surface area is 210 Å². The Balaban J connectivity index is 1.73. The average Bonchev–Trinajstić information content (AvgIpc) is 3.00. The fourth-order valence-corrected chi connectivity index (χ4v) is 10.8. The van der Waals surface area contributed by atoms with E-state index < -0.39 is 22.2 Å². The van der Waals surface area contributed by atoms with Crippen molar-refractivity contribution in [3.05, 3.63) is 11.6 Å². The van der Waals surface area contributed by atoms with Crippen LogP contribution in [0.3, 0.4) is 0 Å². The van der Waals surface area contributed by atoms with E-state index in [1.807, 2.05) is 0 Å². The summed E-state index contributed by atoms with van der Waals surface area (Å²) in [5.74, 6) is 6.08. The van der Waals surface area contributed by atoms with Crippen LogP contribution in [0.4, 0.5) is 0 Å². The van der Waals surface area contributed by atoms with E-state index in [0.717, 1.165) is 30.9 Å². The first-order valence-electron chi connectivity index (χ1n) is 13.6. The highest BCUT2D eigenvalue weighted by Crippen LogP contribution is 2.68. The Morgan fingerprint density at radius 2 is 1.79 bits per heavy atom. The Bertz CT molecular complexity index is 880. The van der Waals surface area contributed by atoms with Crippen molar-refractivity contribution in [1.82, 2.24) is 0 Å². The van der Waals surface area contributed by atoms with Gasteiger partial charge in [0.25, 0.3) is 0 Å². The van der Waals surface area contributed by atoms with E-state index in [9.17, 15) is 0 Å². The molecule has 3 fully saturated rings. The highest BCUT2D eigenvalue weighted by Gasteiger charge is 2.69. The van der Waals surface area contributed by atoms with Gasteiger partial charge < -0.3 is 13.7 Å². The summed E-state index contributed by atoms with van der Waals surface area (Å²) in [5.41, 5.74) is 2.15. The minimum Gasteiger partial charge on any atom is -0.411 e. The SMILES string of the molecule is C#CC1(O[Si](C)(C)C)C(O[Si](C)(C)C)CC2C3CCC4=C/C(=N/OC)CCC4C3CCC21CC. The van der Waals surface area contributed by atoms with E-state index in [4.69, 9.17) is 20.1 Å². The van der Waals surface area contributed by atoms with E-state index in [1.165, 1.54) is 32.1 Å².